The van der Waals surface area contributed by atoms with Crippen molar-refractivity contribution in [2.24, 2.45) is 5.14 Å². The third kappa shape index (κ3) is 4.78. The maximum atomic E-state index is 13.0. The zero-order valence-corrected chi connectivity index (χ0v) is 18.9. The SMILES string of the molecule is NS(=O)(=O)c1ccc(CCN2CC(=O)N(c3cccc(Cl)c3)[C@@H]3CS(=O)(=O)C[C@H]32)cc1. The lowest BCUT2D eigenvalue weighted by molar-refractivity contribution is -0.123. The number of amides is 1. The van der Waals surface area contributed by atoms with Gasteiger partial charge >= 0.3 is 0 Å². The quantitative estimate of drug-likeness (QED) is 0.679. The molecule has 2 atom stereocenters. The minimum absolute atomic E-state index is 0.00757. The van der Waals surface area contributed by atoms with Gasteiger partial charge in [-0.25, -0.2) is 22.0 Å². The number of nitrogens with zero attached hydrogens (tertiary/aromatic N) is 2. The van der Waals surface area contributed by atoms with E-state index in [4.69, 9.17) is 16.7 Å². The van der Waals surface area contributed by atoms with Gasteiger partial charge in [-0.3, -0.25) is 9.69 Å². The minimum atomic E-state index is -3.76. The Kier molecular flexibility index (Phi) is 5.86. The fourth-order valence-electron chi connectivity index (χ4n) is 4.28. The maximum Gasteiger partial charge on any atom is 0.241 e. The van der Waals surface area contributed by atoms with Crippen LogP contribution in [-0.2, 0) is 31.1 Å². The average molecular weight is 484 g/mol. The average Bonchev–Trinajstić information content (AvgIpc) is 3.00. The first-order valence-electron chi connectivity index (χ1n) is 9.67. The van der Waals surface area contributed by atoms with Crippen molar-refractivity contribution in [2.75, 3.05) is 29.5 Å². The van der Waals surface area contributed by atoms with Crippen molar-refractivity contribution in [3.8, 4) is 0 Å². The van der Waals surface area contributed by atoms with Crippen LogP contribution in [0.3, 0.4) is 0 Å². The zero-order chi connectivity index (χ0) is 22.4. The van der Waals surface area contributed by atoms with Crippen LogP contribution in [0.4, 0.5) is 5.69 Å². The van der Waals surface area contributed by atoms with E-state index in [1.165, 1.54) is 12.1 Å². The molecule has 0 aliphatic carbocycles. The van der Waals surface area contributed by atoms with E-state index >= 15 is 0 Å². The Balaban J connectivity index is 1.54. The summed E-state index contributed by atoms with van der Waals surface area (Å²) in [5, 5.41) is 5.60. The molecule has 2 aromatic carbocycles. The van der Waals surface area contributed by atoms with Gasteiger partial charge in [0.1, 0.15) is 0 Å². The Hall–Kier alpha value is -1.98. The molecule has 0 bridgehead atoms. The number of nitrogens with two attached hydrogens (primary N) is 1. The van der Waals surface area contributed by atoms with E-state index in [1.807, 2.05) is 4.90 Å². The Labute approximate surface area is 186 Å². The number of carbonyl (C=O) groups is 1. The summed E-state index contributed by atoms with van der Waals surface area (Å²) in [4.78, 5) is 16.5. The number of fused-ring (bicyclic) bond motifs is 1. The molecule has 0 radical (unpaired) electrons. The van der Waals surface area contributed by atoms with E-state index in [0.29, 0.717) is 23.7 Å². The van der Waals surface area contributed by atoms with E-state index < -0.39 is 25.9 Å². The van der Waals surface area contributed by atoms with Crippen LogP contribution in [0.2, 0.25) is 5.02 Å². The van der Waals surface area contributed by atoms with Gasteiger partial charge in [0.25, 0.3) is 0 Å². The molecule has 11 heteroatoms. The first kappa shape index (κ1) is 22.2. The van der Waals surface area contributed by atoms with Crippen LogP contribution in [0.15, 0.2) is 53.4 Å². The molecular weight excluding hydrogens is 462 g/mol. The highest BCUT2D eigenvalue weighted by Crippen LogP contribution is 2.32. The number of primary sulfonamides is 1. The number of sulfone groups is 1. The molecule has 2 fully saturated rings. The topological polar surface area (TPSA) is 118 Å². The number of hydrogen-bond acceptors (Lipinski definition) is 6. The van der Waals surface area contributed by atoms with Crippen LogP contribution < -0.4 is 10.0 Å². The minimum Gasteiger partial charge on any atom is -0.306 e. The third-order valence-electron chi connectivity index (χ3n) is 5.73. The molecule has 0 spiro atoms. The highest BCUT2D eigenvalue weighted by molar-refractivity contribution is 7.91. The summed E-state index contributed by atoms with van der Waals surface area (Å²) >= 11 is 6.08. The van der Waals surface area contributed by atoms with Crippen LogP contribution in [0.5, 0.6) is 0 Å². The van der Waals surface area contributed by atoms with Gasteiger partial charge in [0.2, 0.25) is 15.9 Å². The van der Waals surface area contributed by atoms with Gasteiger partial charge in [-0.05, 0) is 42.3 Å². The van der Waals surface area contributed by atoms with Crippen molar-refractivity contribution in [2.45, 2.75) is 23.4 Å². The predicted octanol–water partition coefficient (Wildman–Crippen LogP) is 1.04. The summed E-state index contributed by atoms with van der Waals surface area (Å²) in [5.74, 6) is -0.271. The van der Waals surface area contributed by atoms with Gasteiger partial charge in [-0.2, -0.15) is 0 Å². The number of anilines is 1. The first-order chi connectivity index (χ1) is 14.5. The second kappa shape index (κ2) is 8.18. The van der Waals surface area contributed by atoms with Gasteiger partial charge in [0.05, 0.1) is 29.0 Å². The number of hydrogen-bond donors (Lipinski definition) is 1. The molecule has 0 saturated carbocycles. The van der Waals surface area contributed by atoms with Crippen LogP contribution in [0.1, 0.15) is 5.56 Å². The normalized spacial score (nSPS) is 23.7. The smallest absolute Gasteiger partial charge is 0.241 e. The zero-order valence-electron chi connectivity index (χ0n) is 16.5. The lowest BCUT2D eigenvalue weighted by atomic mass is 10.0. The number of piperazine rings is 1. The molecule has 2 heterocycles. The molecule has 4 rings (SSSR count). The number of sulfonamides is 1. The molecule has 2 saturated heterocycles. The van der Waals surface area contributed by atoms with Crippen molar-refractivity contribution in [3.05, 3.63) is 59.1 Å². The highest BCUT2D eigenvalue weighted by Gasteiger charge is 2.49. The number of carbonyl (C=O) groups excluding carboxylic acids is 1. The molecule has 1 amide bonds. The van der Waals surface area contributed by atoms with E-state index in [9.17, 15) is 21.6 Å². The molecular formula is C20H22ClN3O5S2. The van der Waals surface area contributed by atoms with E-state index in [1.54, 1.807) is 41.3 Å². The first-order valence-corrected chi connectivity index (χ1v) is 13.4. The Morgan fingerprint density at radius 3 is 2.39 bits per heavy atom. The monoisotopic (exact) mass is 483 g/mol. The fourth-order valence-corrected chi connectivity index (χ4v) is 6.96. The van der Waals surface area contributed by atoms with Crippen molar-refractivity contribution >= 4 is 43.1 Å². The van der Waals surface area contributed by atoms with E-state index in [2.05, 4.69) is 0 Å². The molecule has 31 heavy (non-hydrogen) atoms. The molecule has 2 aliphatic heterocycles. The summed E-state index contributed by atoms with van der Waals surface area (Å²) in [5.41, 5.74) is 1.47. The van der Waals surface area contributed by atoms with Crippen molar-refractivity contribution in [1.29, 1.82) is 0 Å². The lowest BCUT2D eigenvalue weighted by Crippen LogP contribution is -2.62. The second-order valence-corrected chi connectivity index (χ2v) is 12.0. The summed E-state index contributed by atoms with van der Waals surface area (Å²) in [7, 11) is -7.05. The van der Waals surface area contributed by atoms with Crippen molar-refractivity contribution in [1.82, 2.24) is 4.90 Å². The predicted molar refractivity (Wildman–Crippen MR) is 118 cm³/mol. The molecule has 166 valence electrons. The van der Waals surface area contributed by atoms with E-state index in [0.717, 1.165) is 5.56 Å². The van der Waals surface area contributed by atoms with Gasteiger partial charge in [0, 0.05) is 23.3 Å². The number of benzene rings is 2. The summed E-state index contributed by atoms with van der Waals surface area (Å²) in [6, 6.07) is 12.3. The van der Waals surface area contributed by atoms with Gasteiger partial charge < -0.3 is 4.90 Å². The standard InChI is InChI=1S/C20H22ClN3O5S2/c21-15-2-1-3-16(10-15)24-19-13-30(26,27)12-18(19)23(11-20(24)25)9-8-14-4-6-17(7-5-14)31(22,28)29/h1-7,10,18-19H,8-9,11-13H2,(H2,22,28,29)/t18-,19-/m1/s1. The van der Waals surface area contributed by atoms with E-state index in [-0.39, 0.29) is 34.9 Å². The molecule has 2 aromatic rings. The van der Waals surface area contributed by atoms with Crippen molar-refractivity contribution < 1.29 is 21.6 Å². The summed E-state index contributed by atoms with van der Waals surface area (Å²) < 4.78 is 47.7. The molecule has 8 nitrogen and oxygen atoms in total. The fraction of sp³-hybridized carbons (Fsp3) is 0.350. The Bertz CT molecular complexity index is 1220. The second-order valence-electron chi connectivity index (χ2n) is 7.86. The number of halogens is 1. The van der Waals surface area contributed by atoms with Gasteiger partial charge in [-0.15, -0.1) is 0 Å². The third-order valence-corrected chi connectivity index (χ3v) is 8.59. The Morgan fingerprint density at radius 2 is 1.74 bits per heavy atom. The van der Waals surface area contributed by atoms with Crippen molar-refractivity contribution in [3.63, 3.8) is 0 Å². The summed E-state index contributed by atoms with van der Waals surface area (Å²) in [6.45, 7) is 0.568. The van der Waals surface area contributed by atoms with Crippen LogP contribution in [-0.4, -0.2) is 64.3 Å². The molecule has 2 N–H and O–H groups in total. The van der Waals surface area contributed by atoms with Gasteiger partial charge in [-0.1, -0.05) is 29.8 Å². The summed E-state index contributed by atoms with van der Waals surface area (Å²) in [6.07, 6.45) is 0.540. The Morgan fingerprint density at radius 1 is 1.06 bits per heavy atom. The molecule has 2 aliphatic rings. The molecule has 0 aromatic heterocycles. The lowest BCUT2D eigenvalue weighted by Gasteiger charge is -2.43. The van der Waals surface area contributed by atoms with Crippen LogP contribution >= 0.6 is 11.6 Å². The largest absolute Gasteiger partial charge is 0.306 e. The van der Waals surface area contributed by atoms with Gasteiger partial charge in [0.15, 0.2) is 9.84 Å². The van der Waals surface area contributed by atoms with Crippen LogP contribution in [0, 0.1) is 0 Å². The maximum absolute atomic E-state index is 13.0. The number of rotatable bonds is 5. The van der Waals surface area contributed by atoms with Crippen LogP contribution in [0.25, 0.3) is 0 Å². The molecule has 0 unspecified atom stereocenters. The highest BCUT2D eigenvalue weighted by atomic mass is 35.5.